The van der Waals surface area contributed by atoms with Crippen molar-refractivity contribution in [3.63, 3.8) is 0 Å². The number of ether oxygens (including phenoxy) is 2. The van der Waals surface area contributed by atoms with Crippen molar-refractivity contribution in [3.05, 3.63) is 86.8 Å². The summed E-state index contributed by atoms with van der Waals surface area (Å²) < 4.78 is 80.6. The van der Waals surface area contributed by atoms with E-state index in [1.165, 1.54) is 18.2 Å². The average molecular weight is 537 g/mol. The molecule has 2 N–H and O–H groups in total. The molecule has 0 unspecified atom stereocenters. The number of nitrogens with zero attached hydrogens (tertiary/aromatic N) is 2. The highest BCUT2D eigenvalue weighted by Crippen LogP contribution is 2.35. The number of nitrogens with one attached hydrogen (secondary N) is 1. The molecule has 0 fully saturated rings. The number of aromatic hydroxyl groups is 1. The van der Waals surface area contributed by atoms with Crippen LogP contribution in [0.3, 0.4) is 0 Å². The van der Waals surface area contributed by atoms with E-state index in [1.807, 2.05) is 0 Å². The summed E-state index contributed by atoms with van der Waals surface area (Å²) >= 11 is 0. The number of H-pyrrole nitrogens is 1. The van der Waals surface area contributed by atoms with Gasteiger partial charge in [0.1, 0.15) is 18.1 Å². The van der Waals surface area contributed by atoms with E-state index < -0.39 is 29.5 Å². The van der Waals surface area contributed by atoms with E-state index in [0.29, 0.717) is 28.8 Å². The number of aromatic amines is 1. The van der Waals surface area contributed by atoms with Crippen molar-refractivity contribution in [3.8, 4) is 28.5 Å². The zero-order chi connectivity index (χ0) is 27.6. The zero-order valence-corrected chi connectivity index (χ0v) is 19.9. The number of benzene rings is 2. The molecule has 2 heterocycles. The number of pyridine rings is 1. The zero-order valence-electron chi connectivity index (χ0n) is 19.9. The molecule has 0 bridgehead atoms. The lowest BCUT2D eigenvalue weighted by atomic mass is 9.94. The molecule has 200 valence electrons. The van der Waals surface area contributed by atoms with Crippen molar-refractivity contribution >= 4 is 0 Å². The van der Waals surface area contributed by atoms with Crippen LogP contribution in [0.5, 0.6) is 17.2 Å². The van der Waals surface area contributed by atoms with Gasteiger partial charge < -0.3 is 14.6 Å². The number of rotatable bonds is 8. The van der Waals surface area contributed by atoms with Crippen LogP contribution in [0.1, 0.15) is 35.1 Å². The molecule has 0 spiro atoms. The van der Waals surface area contributed by atoms with Crippen LogP contribution in [0.25, 0.3) is 11.3 Å². The monoisotopic (exact) mass is 537 g/mol. The predicted octanol–water partition coefficient (Wildman–Crippen LogP) is 5.35. The molecule has 0 atom stereocenters. The van der Waals surface area contributed by atoms with Crippen molar-refractivity contribution < 1.29 is 41.1 Å². The molecule has 2 aromatic carbocycles. The van der Waals surface area contributed by atoms with Crippen molar-refractivity contribution in [2.24, 2.45) is 0 Å². The highest BCUT2D eigenvalue weighted by molar-refractivity contribution is 5.67. The van der Waals surface area contributed by atoms with E-state index in [-0.39, 0.29) is 41.6 Å². The first-order valence-electron chi connectivity index (χ1n) is 11.2. The van der Waals surface area contributed by atoms with E-state index >= 15 is 4.39 Å². The van der Waals surface area contributed by atoms with E-state index in [9.17, 15) is 27.5 Å². The summed E-state index contributed by atoms with van der Waals surface area (Å²) in [6.45, 7) is 3.25. The smallest absolute Gasteiger partial charge is 0.506 e. The second-order valence-corrected chi connectivity index (χ2v) is 8.19. The van der Waals surface area contributed by atoms with Gasteiger partial charge in [-0.15, -0.1) is 13.2 Å². The Bertz CT molecular complexity index is 1530. The topological polar surface area (TPSA) is 110 Å². The lowest BCUT2D eigenvalue weighted by Gasteiger charge is -2.17. The minimum atomic E-state index is -5.11. The molecule has 0 saturated carbocycles. The van der Waals surface area contributed by atoms with Gasteiger partial charge in [-0.25, -0.2) is 18.6 Å². The van der Waals surface area contributed by atoms with Crippen molar-refractivity contribution in [2.75, 3.05) is 0 Å². The van der Waals surface area contributed by atoms with Gasteiger partial charge in [-0.3, -0.25) is 9.51 Å². The van der Waals surface area contributed by atoms with E-state index in [1.54, 1.807) is 13.8 Å². The lowest BCUT2D eigenvalue weighted by molar-refractivity contribution is -0.275. The fourth-order valence-electron chi connectivity index (χ4n) is 3.89. The summed E-state index contributed by atoms with van der Waals surface area (Å²) in [7, 11) is 0. The van der Waals surface area contributed by atoms with Crippen LogP contribution >= 0.6 is 0 Å². The number of alkyl halides is 3. The maximum absolute atomic E-state index is 15.3. The molecular weight excluding hydrogens is 517 g/mol. The first kappa shape index (κ1) is 26.6. The van der Waals surface area contributed by atoms with Crippen LogP contribution in [0.4, 0.5) is 22.0 Å². The van der Waals surface area contributed by atoms with Gasteiger partial charge in [-0.2, -0.15) is 0 Å². The Labute approximate surface area is 211 Å². The van der Waals surface area contributed by atoms with Gasteiger partial charge in [0.15, 0.2) is 29.0 Å². The quantitative estimate of drug-likeness (QED) is 0.292. The van der Waals surface area contributed by atoms with Gasteiger partial charge in [0.05, 0.1) is 0 Å². The minimum absolute atomic E-state index is 0.0155. The number of hydrogen-bond acceptors (Lipinski definition) is 7. The minimum Gasteiger partial charge on any atom is -0.506 e. The Hall–Kier alpha value is -4.42. The fraction of sp³-hybridized carbons (Fsp3) is 0.240. The first-order chi connectivity index (χ1) is 17.9. The second kappa shape index (κ2) is 10.5. The van der Waals surface area contributed by atoms with Crippen LogP contribution < -0.4 is 15.2 Å². The molecule has 2 aromatic heterocycles. The highest BCUT2D eigenvalue weighted by Gasteiger charge is 2.32. The molecular formula is C25H20F5N3O5. The normalized spacial score (nSPS) is 11.6. The number of halogens is 5. The molecule has 8 nitrogen and oxygen atoms in total. The maximum Gasteiger partial charge on any atom is 0.573 e. The van der Waals surface area contributed by atoms with Gasteiger partial charge in [-0.1, -0.05) is 12.1 Å². The average Bonchev–Trinajstić information content (AvgIpc) is 3.27. The van der Waals surface area contributed by atoms with Crippen LogP contribution in [0.15, 0.2) is 45.7 Å². The third kappa shape index (κ3) is 5.93. The molecule has 4 aromatic rings. The first-order valence-corrected chi connectivity index (χ1v) is 11.2. The largest absolute Gasteiger partial charge is 0.573 e. The second-order valence-electron chi connectivity index (χ2n) is 8.19. The van der Waals surface area contributed by atoms with Crippen molar-refractivity contribution in [1.29, 1.82) is 0 Å². The molecule has 0 radical (unpaired) electrons. The SMILES string of the molecule is CCc1c(F)c(OCc2noc(=O)[nH]2)cc(C)c1Cc1ccc(O)c(-c2ccc(F)c(OC(F)(F)F)c2)n1. The number of aromatic nitrogens is 3. The number of hydrogen-bond donors (Lipinski definition) is 2. The maximum atomic E-state index is 15.3. The van der Waals surface area contributed by atoms with Crippen LogP contribution in [0.2, 0.25) is 0 Å². The van der Waals surface area contributed by atoms with Gasteiger partial charge in [0.25, 0.3) is 0 Å². The fourth-order valence-corrected chi connectivity index (χ4v) is 3.89. The molecule has 0 aliphatic rings. The van der Waals surface area contributed by atoms with Crippen LogP contribution in [0, 0.1) is 18.6 Å². The van der Waals surface area contributed by atoms with Crippen molar-refractivity contribution in [1.82, 2.24) is 15.1 Å². The summed E-state index contributed by atoms with van der Waals surface area (Å²) in [5.74, 6) is -4.03. The number of aryl methyl sites for hydroxylation is 1. The summed E-state index contributed by atoms with van der Waals surface area (Å²) in [6, 6.07) is 6.96. The van der Waals surface area contributed by atoms with E-state index in [2.05, 4.69) is 24.4 Å². The molecule has 0 amide bonds. The summed E-state index contributed by atoms with van der Waals surface area (Å²) in [5.41, 5.74) is 1.84. The van der Waals surface area contributed by atoms with Gasteiger partial charge >= 0.3 is 12.1 Å². The molecule has 4 rings (SSSR count). The molecule has 0 aliphatic heterocycles. The van der Waals surface area contributed by atoms with Crippen LogP contribution in [-0.2, 0) is 19.4 Å². The highest BCUT2D eigenvalue weighted by atomic mass is 19.4. The van der Waals surface area contributed by atoms with Gasteiger partial charge in [0.2, 0.25) is 0 Å². The Kier molecular flexibility index (Phi) is 7.37. The third-order valence-corrected chi connectivity index (χ3v) is 5.59. The molecule has 0 aliphatic carbocycles. The van der Waals surface area contributed by atoms with Gasteiger partial charge in [-0.05, 0) is 66.4 Å². The van der Waals surface area contributed by atoms with E-state index in [4.69, 9.17) is 4.74 Å². The van der Waals surface area contributed by atoms with Crippen molar-refractivity contribution in [2.45, 2.75) is 39.7 Å². The summed E-state index contributed by atoms with van der Waals surface area (Å²) in [5, 5.41) is 13.8. The molecule has 38 heavy (non-hydrogen) atoms. The predicted molar refractivity (Wildman–Crippen MR) is 123 cm³/mol. The Morgan fingerprint density at radius 3 is 2.50 bits per heavy atom. The Morgan fingerprint density at radius 2 is 1.84 bits per heavy atom. The van der Waals surface area contributed by atoms with Crippen LogP contribution in [-0.4, -0.2) is 26.6 Å². The Balaban J connectivity index is 1.64. The van der Waals surface area contributed by atoms with E-state index in [0.717, 1.165) is 18.2 Å². The summed E-state index contributed by atoms with van der Waals surface area (Å²) in [4.78, 5) is 17.7. The third-order valence-electron chi connectivity index (χ3n) is 5.59. The Morgan fingerprint density at radius 1 is 1.08 bits per heavy atom. The lowest BCUT2D eigenvalue weighted by Crippen LogP contribution is -2.18. The molecule has 13 heteroatoms. The summed E-state index contributed by atoms with van der Waals surface area (Å²) in [6.07, 6.45) is -4.71. The standard InChI is InChI=1S/C25H20F5N3O5/c1-3-15-16(12(2)8-20(22(15)27)36-11-21-32-24(35)38-33-21)10-14-5-7-18(34)23(31-14)13-4-6-17(26)19(9-13)37-25(28,29)30/h4-9,34H,3,10-11H2,1-2H3,(H,32,33,35). The molecule has 0 saturated heterocycles. The van der Waals surface area contributed by atoms with Gasteiger partial charge in [0, 0.05) is 17.7 Å².